The lowest BCUT2D eigenvalue weighted by molar-refractivity contribution is 0.0471. The molecule has 0 aliphatic carbocycles. The molecule has 1 nitrogen and oxygen atoms in total. The molecule has 0 bridgehead atoms. The smallest absolute Gasteiger partial charge is 0.0309 e. The number of hydrogen-bond acceptors (Lipinski definition) is 1. The first kappa shape index (κ1) is 12.2. The van der Waals surface area contributed by atoms with Crippen molar-refractivity contribution >= 4 is 0 Å². The van der Waals surface area contributed by atoms with E-state index in [1.54, 1.807) is 0 Å². The van der Waals surface area contributed by atoms with Gasteiger partial charge in [0.15, 0.2) is 0 Å². The predicted molar refractivity (Wildman–Crippen MR) is 70.5 cm³/mol. The van der Waals surface area contributed by atoms with Crippen molar-refractivity contribution in [2.45, 2.75) is 65.0 Å². The van der Waals surface area contributed by atoms with Crippen LogP contribution in [0, 0.1) is 11.8 Å². The van der Waals surface area contributed by atoms with Gasteiger partial charge in [-0.15, -0.1) is 0 Å². The highest BCUT2D eigenvalue weighted by molar-refractivity contribution is 5.05. The summed E-state index contributed by atoms with van der Waals surface area (Å²) < 4.78 is 0. The second kappa shape index (κ2) is 5.35. The molecule has 0 N–H and O–H groups in total. The number of nitrogens with zero attached hydrogens (tertiary/aromatic N) is 1. The normalized spacial score (nSPS) is 40.4. The molecule has 4 atom stereocenters. The Morgan fingerprint density at radius 3 is 2.56 bits per heavy atom. The van der Waals surface area contributed by atoms with Gasteiger partial charge in [-0.3, -0.25) is 4.90 Å². The van der Waals surface area contributed by atoms with Crippen molar-refractivity contribution in [3.8, 4) is 0 Å². The number of allylic oxidation sites excluding steroid dienone is 1. The predicted octanol–water partition coefficient (Wildman–Crippen LogP) is 3.85. The van der Waals surface area contributed by atoms with Crippen molar-refractivity contribution in [1.82, 2.24) is 4.90 Å². The van der Waals surface area contributed by atoms with E-state index in [2.05, 4.69) is 37.8 Å². The minimum absolute atomic E-state index is 0.741. The van der Waals surface area contributed by atoms with Crippen molar-refractivity contribution in [2.75, 3.05) is 6.54 Å². The summed E-state index contributed by atoms with van der Waals surface area (Å²) in [7, 11) is 0. The third kappa shape index (κ3) is 2.07. The zero-order valence-electron chi connectivity index (χ0n) is 11.2. The highest BCUT2D eigenvalue weighted by Gasteiger charge is 2.42. The Morgan fingerprint density at radius 1 is 1.19 bits per heavy atom. The molecule has 0 radical (unpaired) electrons. The fraction of sp³-hybridized carbons (Fsp3) is 0.867. The van der Waals surface area contributed by atoms with E-state index >= 15 is 0 Å². The molecule has 0 aromatic carbocycles. The van der Waals surface area contributed by atoms with E-state index in [0.29, 0.717) is 0 Å². The van der Waals surface area contributed by atoms with Gasteiger partial charge in [0.25, 0.3) is 0 Å². The van der Waals surface area contributed by atoms with Crippen LogP contribution in [0.15, 0.2) is 12.2 Å². The summed E-state index contributed by atoms with van der Waals surface area (Å²) >= 11 is 0. The summed E-state index contributed by atoms with van der Waals surface area (Å²) in [6.07, 6.45) is 11.8. The molecule has 0 spiro atoms. The van der Waals surface area contributed by atoms with E-state index in [1.165, 1.54) is 38.6 Å². The van der Waals surface area contributed by atoms with E-state index in [-0.39, 0.29) is 0 Å². The van der Waals surface area contributed by atoms with Gasteiger partial charge >= 0.3 is 0 Å². The molecule has 92 valence electrons. The van der Waals surface area contributed by atoms with Gasteiger partial charge in [-0.1, -0.05) is 38.8 Å². The molecule has 2 saturated heterocycles. The minimum Gasteiger partial charge on any atom is -0.293 e. The van der Waals surface area contributed by atoms with Gasteiger partial charge in [0, 0.05) is 12.1 Å². The molecule has 2 rings (SSSR count). The average molecular weight is 221 g/mol. The number of piperidine rings is 1. The lowest BCUT2D eigenvalue weighted by Gasteiger charge is -2.46. The summed E-state index contributed by atoms with van der Waals surface area (Å²) in [4.78, 5) is 2.81. The lowest BCUT2D eigenvalue weighted by atomic mass is 9.76. The molecule has 2 heterocycles. The quantitative estimate of drug-likeness (QED) is 0.654. The lowest BCUT2D eigenvalue weighted by Crippen LogP contribution is -2.50. The van der Waals surface area contributed by atoms with E-state index in [0.717, 1.165) is 23.9 Å². The largest absolute Gasteiger partial charge is 0.293 e. The van der Waals surface area contributed by atoms with Crippen molar-refractivity contribution in [3.05, 3.63) is 12.2 Å². The van der Waals surface area contributed by atoms with Gasteiger partial charge in [-0.05, 0) is 44.6 Å². The molecule has 0 saturated carbocycles. The van der Waals surface area contributed by atoms with E-state index in [1.807, 2.05) is 0 Å². The Labute approximate surface area is 101 Å². The molecular weight excluding hydrogens is 194 g/mol. The van der Waals surface area contributed by atoms with Crippen molar-refractivity contribution < 1.29 is 0 Å². The van der Waals surface area contributed by atoms with Crippen LogP contribution in [0.5, 0.6) is 0 Å². The summed E-state index contributed by atoms with van der Waals surface area (Å²) in [5.74, 6) is 1.87. The van der Waals surface area contributed by atoms with Crippen LogP contribution < -0.4 is 0 Å². The summed E-state index contributed by atoms with van der Waals surface area (Å²) in [6.45, 7) is 8.25. The van der Waals surface area contributed by atoms with Gasteiger partial charge in [-0.2, -0.15) is 0 Å². The Morgan fingerprint density at radius 2 is 1.94 bits per heavy atom. The maximum absolute atomic E-state index is 2.81. The van der Waals surface area contributed by atoms with Crippen molar-refractivity contribution in [3.63, 3.8) is 0 Å². The molecule has 2 aliphatic heterocycles. The van der Waals surface area contributed by atoms with Gasteiger partial charge in [0.1, 0.15) is 0 Å². The monoisotopic (exact) mass is 221 g/mol. The number of rotatable bonds is 3. The third-order valence-electron chi connectivity index (χ3n) is 4.80. The second-order valence-electron chi connectivity index (χ2n) is 5.54. The van der Waals surface area contributed by atoms with E-state index < -0.39 is 0 Å². The molecule has 2 fully saturated rings. The topological polar surface area (TPSA) is 3.24 Å². The standard InChI is InChI=1S/C15H27N/c1-4-8-14-12(5-2)11-13(6-3)15-9-7-10-16(14)15/h4,8,12-15H,5-7,9-11H2,1-3H3. The summed E-state index contributed by atoms with van der Waals surface area (Å²) in [5.41, 5.74) is 0. The van der Waals surface area contributed by atoms with Gasteiger partial charge in [0.2, 0.25) is 0 Å². The number of fused-ring (bicyclic) bond motifs is 1. The van der Waals surface area contributed by atoms with Crippen LogP contribution in [0.3, 0.4) is 0 Å². The van der Waals surface area contributed by atoms with Crippen LogP contribution in [0.2, 0.25) is 0 Å². The summed E-state index contributed by atoms with van der Waals surface area (Å²) in [5, 5.41) is 0. The first-order valence-corrected chi connectivity index (χ1v) is 7.20. The first-order valence-electron chi connectivity index (χ1n) is 7.20. The van der Waals surface area contributed by atoms with Gasteiger partial charge < -0.3 is 0 Å². The van der Waals surface area contributed by atoms with Gasteiger partial charge in [-0.25, -0.2) is 0 Å². The van der Waals surface area contributed by atoms with Crippen LogP contribution in [-0.2, 0) is 0 Å². The van der Waals surface area contributed by atoms with Crippen LogP contribution in [-0.4, -0.2) is 23.5 Å². The Hall–Kier alpha value is -0.300. The zero-order valence-corrected chi connectivity index (χ0v) is 11.2. The van der Waals surface area contributed by atoms with Crippen LogP contribution in [0.25, 0.3) is 0 Å². The maximum Gasteiger partial charge on any atom is 0.0309 e. The molecule has 4 unspecified atom stereocenters. The Bertz CT molecular complexity index is 246. The van der Waals surface area contributed by atoms with Crippen LogP contribution in [0.1, 0.15) is 52.9 Å². The van der Waals surface area contributed by atoms with Crippen molar-refractivity contribution in [1.29, 1.82) is 0 Å². The summed E-state index contributed by atoms with van der Waals surface area (Å²) in [6, 6.07) is 1.64. The van der Waals surface area contributed by atoms with E-state index in [4.69, 9.17) is 0 Å². The highest BCUT2D eigenvalue weighted by Crippen LogP contribution is 2.41. The van der Waals surface area contributed by atoms with Crippen LogP contribution >= 0.6 is 0 Å². The molecule has 0 aromatic rings. The molecule has 2 aliphatic rings. The Balaban J connectivity index is 2.17. The van der Waals surface area contributed by atoms with E-state index in [9.17, 15) is 0 Å². The molecule has 0 aromatic heterocycles. The zero-order chi connectivity index (χ0) is 11.5. The fourth-order valence-electron chi connectivity index (χ4n) is 3.96. The molecule has 1 heteroatoms. The minimum atomic E-state index is 0.741. The SMILES string of the molecule is CC=CC1C(CC)CC(CC)C2CCCN12. The average Bonchev–Trinajstić information content (AvgIpc) is 2.78. The first-order chi connectivity index (χ1) is 7.81. The fourth-order valence-corrected chi connectivity index (χ4v) is 3.96. The molecule has 0 amide bonds. The Kier molecular flexibility index (Phi) is 4.07. The molecular formula is C15H27N. The second-order valence-corrected chi connectivity index (χ2v) is 5.54. The van der Waals surface area contributed by atoms with Crippen molar-refractivity contribution in [2.24, 2.45) is 11.8 Å². The molecule has 16 heavy (non-hydrogen) atoms. The maximum atomic E-state index is 2.81. The highest BCUT2D eigenvalue weighted by atomic mass is 15.2. The van der Waals surface area contributed by atoms with Crippen LogP contribution in [0.4, 0.5) is 0 Å². The number of hydrogen-bond donors (Lipinski definition) is 0. The van der Waals surface area contributed by atoms with Gasteiger partial charge in [0.05, 0.1) is 0 Å². The third-order valence-corrected chi connectivity index (χ3v) is 4.80.